The number of rotatable bonds is 6. The van der Waals surface area contributed by atoms with E-state index in [1.807, 2.05) is 0 Å². The first kappa shape index (κ1) is 16.1. The van der Waals surface area contributed by atoms with Gasteiger partial charge < -0.3 is 5.11 Å². The lowest BCUT2D eigenvalue weighted by Gasteiger charge is -2.33. The molecule has 0 radical (unpaired) electrons. The summed E-state index contributed by atoms with van der Waals surface area (Å²) < 4.78 is 27.5. The molecule has 0 aromatic heterocycles. The Bertz CT molecular complexity index is 439. The third-order valence-electron chi connectivity index (χ3n) is 3.25. The van der Waals surface area contributed by atoms with Crippen LogP contribution in [0.25, 0.3) is 0 Å². The molecule has 110 valence electrons. The monoisotopic (exact) mass is 290 g/mol. The molecule has 1 aliphatic heterocycles. The zero-order valence-electron chi connectivity index (χ0n) is 11.5. The van der Waals surface area contributed by atoms with E-state index in [2.05, 4.69) is 6.58 Å². The Balaban J connectivity index is 2.73. The highest BCUT2D eigenvalue weighted by atomic mass is 32.2. The number of likely N-dealkylation sites (N-methyl/N-ethyl adjacent to an activating group) is 1. The van der Waals surface area contributed by atoms with E-state index in [0.29, 0.717) is 25.9 Å². The zero-order valence-corrected chi connectivity index (χ0v) is 12.3. The van der Waals surface area contributed by atoms with E-state index < -0.39 is 22.1 Å². The topological polar surface area (TPSA) is 77.9 Å². The van der Waals surface area contributed by atoms with Crippen LogP contribution in [0.15, 0.2) is 12.2 Å². The van der Waals surface area contributed by atoms with Crippen molar-refractivity contribution in [1.82, 2.24) is 8.61 Å². The Morgan fingerprint density at radius 2 is 1.95 bits per heavy atom. The summed E-state index contributed by atoms with van der Waals surface area (Å²) in [5.41, 5.74) is 0.783. The van der Waals surface area contributed by atoms with Crippen LogP contribution in [0.3, 0.4) is 0 Å². The van der Waals surface area contributed by atoms with Gasteiger partial charge >= 0.3 is 5.97 Å². The van der Waals surface area contributed by atoms with E-state index in [1.165, 1.54) is 8.61 Å². The molecule has 0 aromatic rings. The van der Waals surface area contributed by atoms with Crippen LogP contribution in [-0.2, 0) is 15.0 Å². The first-order valence-electron chi connectivity index (χ1n) is 6.41. The van der Waals surface area contributed by atoms with E-state index in [-0.39, 0.29) is 13.1 Å². The maximum absolute atomic E-state index is 12.4. The van der Waals surface area contributed by atoms with Gasteiger partial charge in [-0.3, -0.25) is 4.79 Å². The van der Waals surface area contributed by atoms with Gasteiger partial charge in [0.25, 0.3) is 10.2 Å². The maximum Gasteiger partial charge on any atom is 0.306 e. The van der Waals surface area contributed by atoms with Crippen molar-refractivity contribution in [3.8, 4) is 0 Å². The van der Waals surface area contributed by atoms with Crippen molar-refractivity contribution in [1.29, 1.82) is 0 Å². The summed E-state index contributed by atoms with van der Waals surface area (Å²) >= 11 is 0. The van der Waals surface area contributed by atoms with Gasteiger partial charge in [-0.1, -0.05) is 19.1 Å². The smallest absolute Gasteiger partial charge is 0.306 e. The van der Waals surface area contributed by atoms with Crippen molar-refractivity contribution in [3.05, 3.63) is 12.2 Å². The predicted molar refractivity (Wildman–Crippen MR) is 72.9 cm³/mol. The van der Waals surface area contributed by atoms with Crippen LogP contribution in [0.1, 0.15) is 26.7 Å². The van der Waals surface area contributed by atoms with Crippen LogP contribution in [0.5, 0.6) is 0 Å². The minimum Gasteiger partial charge on any atom is -0.481 e. The molecule has 0 saturated carbocycles. The van der Waals surface area contributed by atoms with E-state index in [9.17, 15) is 13.2 Å². The van der Waals surface area contributed by atoms with E-state index in [1.54, 1.807) is 13.8 Å². The molecule has 0 bridgehead atoms. The fraction of sp³-hybridized carbons (Fsp3) is 0.750. The number of carboxylic acid groups (broad SMARTS) is 1. The van der Waals surface area contributed by atoms with Gasteiger partial charge in [0.2, 0.25) is 0 Å². The molecule has 7 heteroatoms. The molecule has 0 atom stereocenters. The predicted octanol–water partition coefficient (Wildman–Crippen LogP) is 0.926. The lowest BCUT2D eigenvalue weighted by Crippen LogP contribution is -2.48. The van der Waals surface area contributed by atoms with Crippen molar-refractivity contribution < 1.29 is 18.3 Å². The molecule has 1 aliphatic rings. The Kier molecular flexibility index (Phi) is 5.51. The number of aliphatic carboxylic acids is 1. The Morgan fingerprint density at radius 3 is 2.32 bits per heavy atom. The van der Waals surface area contributed by atoms with Gasteiger partial charge in [0.15, 0.2) is 0 Å². The van der Waals surface area contributed by atoms with Crippen LogP contribution in [-0.4, -0.2) is 54.3 Å². The van der Waals surface area contributed by atoms with Crippen molar-refractivity contribution in [2.45, 2.75) is 26.7 Å². The molecule has 1 N–H and O–H groups in total. The normalized spacial score (nSPS) is 18.7. The fourth-order valence-electron chi connectivity index (χ4n) is 2.15. The molecule has 1 saturated heterocycles. The summed E-state index contributed by atoms with van der Waals surface area (Å²) in [6.45, 7) is 8.53. The molecule has 0 unspecified atom stereocenters. The average Bonchev–Trinajstić information content (AvgIpc) is 2.35. The van der Waals surface area contributed by atoms with Gasteiger partial charge in [0.1, 0.15) is 0 Å². The lowest BCUT2D eigenvalue weighted by molar-refractivity contribution is -0.142. The molecule has 6 nitrogen and oxygen atoms in total. The van der Waals surface area contributed by atoms with Crippen LogP contribution >= 0.6 is 0 Å². The summed E-state index contributed by atoms with van der Waals surface area (Å²) in [5, 5.41) is 8.91. The second-order valence-electron chi connectivity index (χ2n) is 4.90. The first-order chi connectivity index (χ1) is 8.78. The molecule has 0 amide bonds. The van der Waals surface area contributed by atoms with Gasteiger partial charge in [0.05, 0.1) is 5.92 Å². The Morgan fingerprint density at radius 1 is 1.42 bits per heavy atom. The van der Waals surface area contributed by atoms with Crippen LogP contribution in [0, 0.1) is 5.92 Å². The molecule has 0 aliphatic carbocycles. The van der Waals surface area contributed by atoms with Crippen LogP contribution < -0.4 is 0 Å². The van der Waals surface area contributed by atoms with Crippen molar-refractivity contribution in [2.75, 3.05) is 26.2 Å². The lowest BCUT2D eigenvalue weighted by atomic mass is 9.99. The molecular weight excluding hydrogens is 268 g/mol. The third kappa shape index (κ3) is 4.02. The summed E-state index contributed by atoms with van der Waals surface area (Å²) in [6, 6.07) is 0. The largest absolute Gasteiger partial charge is 0.481 e. The standard InChI is InChI=1S/C12H22N2O4S/c1-4-13(9-10(2)3)19(17,18)14-7-5-11(6-8-14)12(15)16/h11H,2,4-9H2,1,3H3,(H,15,16). The quantitative estimate of drug-likeness (QED) is 0.738. The van der Waals surface area contributed by atoms with Crippen LogP contribution in [0.2, 0.25) is 0 Å². The molecule has 0 spiro atoms. The molecule has 0 aromatic carbocycles. The zero-order chi connectivity index (χ0) is 14.6. The number of carbonyl (C=O) groups is 1. The van der Waals surface area contributed by atoms with Gasteiger partial charge in [-0.25, -0.2) is 0 Å². The maximum atomic E-state index is 12.4. The second-order valence-corrected chi connectivity index (χ2v) is 6.83. The van der Waals surface area contributed by atoms with Gasteiger partial charge in [0, 0.05) is 26.2 Å². The molecule has 1 rings (SSSR count). The van der Waals surface area contributed by atoms with Gasteiger partial charge in [-0.2, -0.15) is 17.0 Å². The molecular formula is C12H22N2O4S. The highest BCUT2D eigenvalue weighted by Gasteiger charge is 2.33. The van der Waals surface area contributed by atoms with Crippen molar-refractivity contribution in [2.24, 2.45) is 5.92 Å². The minimum atomic E-state index is -3.51. The van der Waals surface area contributed by atoms with Gasteiger partial charge in [-0.15, -0.1) is 0 Å². The molecule has 19 heavy (non-hydrogen) atoms. The number of nitrogens with zero attached hydrogens (tertiary/aromatic N) is 2. The summed E-state index contributed by atoms with van der Waals surface area (Å²) in [7, 11) is -3.51. The average molecular weight is 290 g/mol. The van der Waals surface area contributed by atoms with Crippen molar-refractivity contribution >= 4 is 16.2 Å². The van der Waals surface area contributed by atoms with Crippen molar-refractivity contribution in [3.63, 3.8) is 0 Å². The third-order valence-corrected chi connectivity index (χ3v) is 5.31. The van der Waals surface area contributed by atoms with Gasteiger partial charge in [-0.05, 0) is 19.8 Å². The fourth-order valence-corrected chi connectivity index (χ4v) is 3.86. The van der Waals surface area contributed by atoms with E-state index in [4.69, 9.17) is 5.11 Å². The number of hydrogen-bond donors (Lipinski definition) is 1. The number of hydrogen-bond acceptors (Lipinski definition) is 3. The second kappa shape index (κ2) is 6.49. The first-order valence-corrected chi connectivity index (χ1v) is 7.81. The van der Waals surface area contributed by atoms with E-state index in [0.717, 1.165) is 5.57 Å². The highest BCUT2D eigenvalue weighted by Crippen LogP contribution is 2.21. The Labute approximate surface area is 114 Å². The molecule has 1 heterocycles. The minimum absolute atomic E-state index is 0.270. The summed E-state index contributed by atoms with van der Waals surface area (Å²) in [5.74, 6) is -1.27. The summed E-state index contributed by atoms with van der Waals surface area (Å²) in [6.07, 6.45) is 0.748. The SMILES string of the molecule is C=C(C)CN(CC)S(=O)(=O)N1CCC(C(=O)O)CC1. The summed E-state index contributed by atoms with van der Waals surface area (Å²) in [4.78, 5) is 10.9. The Hall–Kier alpha value is -0.920. The number of piperidine rings is 1. The number of carboxylic acids is 1. The van der Waals surface area contributed by atoms with Crippen LogP contribution in [0.4, 0.5) is 0 Å². The molecule has 1 fully saturated rings. The highest BCUT2D eigenvalue weighted by molar-refractivity contribution is 7.86. The van der Waals surface area contributed by atoms with E-state index >= 15 is 0 Å².